The lowest BCUT2D eigenvalue weighted by Crippen LogP contribution is -2.55. The lowest BCUT2D eigenvalue weighted by molar-refractivity contribution is -0.137. The molecule has 29 heavy (non-hydrogen) atoms. The second-order valence-corrected chi connectivity index (χ2v) is 22.3. The van der Waals surface area contributed by atoms with Crippen molar-refractivity contribution in [3.05, 3.63) is 29.8 Å². The number of ether oxygens (including phenoxy) is 2. The average Bonchev–Trinajstić information content (AvgIpc) is 2.56. The van der Waals surface area contributed by atoms with E-state index in [1.807, 2.05) is 0 Å². The molecule has 0 aliphatic rings. The van der Waals surface area contributed by atoms with Gasteiger partial charge in [-0.25, -0.2) is 4.79 Å². The Hall–Kier alpha value is -1.27. The SMILES string of the molecule is CCOC(=O)C(=O)c1ccc(OCC(C)[Si](C)(O[Si](C)(C)C)O[Si](C)(C)C)cc1. The fourth-order valence-corrected chi connectivity index (χ4v) is 15.1. The van der Waals surface area contributed by atoms with Gasteiger partial charge in [-0.3, -0.25) is 4.79 Å². The summed E-state index contributed by atoms with van der Waals surface area (Å²) in [6.07, 6.45) is 0. The lowest BCUT2D eigenvalue weighted by Gasteiger charge is -2.41. The monoisotopic (exact) mass is 456 g/mol. The highest BCUT2D eigenvalue weighted by Crippen LogP contribution is 2.31. The maximum Gasteiger partial charge on any atom is 0.379 e. The largest absolute Gasteiger partial charge is 0.493 e. The zero-order valence-corrected chi connectivity index (χ0v) is 22.3. The summed E-state index contributed by atoms with van der Waals surface area (Å²) >= 11 is 0. The van der Waals surface area contributed by atoms with Crippen LogP contribution in [0.1, 0.15) is 24.2 Å². The minimum atomic E-state index is -2.45. The van der Waals surface area contributed by atoms with Gasteiger partial charge in [-0.05, 0) is 77.0 Å². The molecule has 0 fully saturated rings. The maximum atomic E-state index is 12.0. The van der Waals surface area contributed by atoms with Gasteiger partial charge in [0.1, 0.15) is 5.75 Å². The molecule has 0 saturated heterocycles. The normalized spacial score (nSPS) is 13.7. The minimum absolute atomic E-state index is 0.127. The van der Waals surface area contributed by atoms with Crippen LogP contribution in [0.5, 0.6) is 5.75 Å². The zero-order valence-electron chi connectivity index (χ0n) is 19.3. The molecule has 6 nitrogen and oxygen atoms in total. The second kappa shape index (κ2) is 10.2. The number of carbonyl (C=O) groups is 2. The van der Waals surface area contributed by atoms with Gasteiger partial charge in [-0.1, -0.05) is 6.92 Å². The average molecular weight is 457 g/mol. The van der Waals surface area contributed by atoms with Gasteiger partial charge in [0.05, 0.1) is 13.2 Å². The third-order valence-electron chi connectivity index (χ3n) is 3.99. The number of benzene rings is 1. The molecule has 0 N–H and O–H groups in total. The predicted molar refractivity (Wildman–Crippen MR) is 123 cm³/mol. The Balaban J connectivity index is 2.83. The molecule has 164 valence electrons. The third kappa shape index (κ3) is 8.95. The van der Waals surface area contributed by atoms with Crippen LogP contribution in [0, 0.1) is 0 Å². The van der Waals surface area contributed by atoms with E-state index < -0.39 is 36.9 Å². The molecule has 0 saturated carbocycles. The Morgan fingerprint density at radius 1 is 0.897 bits per heavy atom. The minimum Gasteiger partial charge on any atom is -0.493 e. The van der Waals surface area contributed by atoms with Gasteiger partial charge in [-0.15, -0.1) is 0 Å². The van der Waals surface area contributed by atoms with E-state index in [0.29, 0.717) is 12.4 Å². The quantitative estimate of drug-likeness (QED) is 0.202. The fraction of sp³-hybridized carbons (Fsp3) is 0.600. The van der Waals surface area contributed by atoms with E-state index in [9.17, 15) is 9.59 Å². The number of ketones is 1. The Labute approximate surface area is 178 Å². The fourth-order valence-electron chi connectivity index (χ4n) is 2.83. The van der Waals surface area contributed by atoms with E-state index in [-0.39, 0.29) is 17.7 Å². The van der Waals surface area contributed by atoms with Crippen molar-refractivity contribution in [2.75, 3.05) is 13.2 Å². The topological polar surface area (TPSA) is 71.1 Å². The summed E-state index contributed by atoms with van der Waals surface area (Å²) in [5, 5.41) is 0. The summed E-state index contributed by atoms with van der Waals surface area (Å²) in [5.74, 6) is -0.864. The van der Waals surface area contributed by atoms with Crippen LogP contribution in [-0.2, 0) is 17.8 Å². The highest BCUT2D eigenvalue weighted by atomic mass is 28.5. The van der Waals surface area contributed by atoms with Crippen molar-refractivity contribution < 1.29 is 27.3 Å². The van der Waals surface area contributed by atoms with Crippen LogP contribution in [0.3, 0.4) is 0 Å². The van der Waals surface area contributed by atoms with Gasteiger partial charge in [0, 0.05) is 11.1 Å². The molecule has 9 heteroatoms. The Bertz CT molecular complexity index is 676. The zero-order chi connectivity index (χ0) is 22.5. The first-order chi connectivity index (χ1) is 13.2. The van der Waals surface area contributed by atoms with Crippen molar-refractivity contribution >= 4 is 36.9 Å². The molecule has 0 heterocycles. The molecule has 0 aliphatic heterocycles. The first-order valence-electron chi connectivity index (χ1n) is 10.0. The van der Waals surface area contributed by atoms with Crippen LogP contribution in [-0.4, -0.2) is 50.2 Å². The summed E-state index contributed by atoms with van der Waals surface area (Å²) in [5.41, 5.74) is 0.411. The summed E-state index contributed by atoms with van der Waals surface area (Å²) in [6, 6.07) is 6.54. The molecule has 1 aromatic rings. The van der Waals surface area contributed by atoms with E-state index in [2.05, 4.69) is 52.8 Å². The molecule has 0 spiro atoms. The van der Waals surface area contributed by atoms with Crippen LogP contribution >= 0.6 is 0 Å². The summed E-state index contributed by atoms with van der Waals surface area (Å²) in [7, 11) is -6.01. The molecule has 1 rings (SSSR count). The van der Waals surface area contributed by atoms with E-state index in [4.69, 9.17) is 17.7 Å². The van der Waals surface area contributed by atoms with Gasteiger partial charge in [0.2, 0.25) is 0 Å². The van der Waals surface area contributed by atoms with Gasteiger partial charge < -0.3 is 17.7 Å². The molecule has 0 aliphatic carbocycles. The van der Waals surface area contributed by atoms with Crippen molar-refractivity contribution in [1.29, 1.82) is 0 Å². The molecule has 1 unspecified atom stereocenters. The van der Waals surface area contributed by atoms with Crippen LogP contribution in [0.4, 0.5) is 0 Å². The van der Waals surface area contributed by atoms with E-state index in [1.165, 1.54) is 0 Å². The molecular weight excluding hydrogens is 420 g/mol. The Morgan fingerprint density at radius 3 is 1.79 bits per heavy atom. The second-order valence-electron chi connectivity index (χ2n) is 9.23. The van der Waals surface area contributed by atoms with Crippen molar-refractivity contribution in [2.24, 2.45) is 0 Å². The standard InChI is InChI=1S/C20H36O6Si3/c1-10-23-20(22)19(21)17-11-13-18(14-12-17)24-15-16(2)29(9,25-27(3,4)5)26-28(6,7)8/h11-14,16H,10,15H2,1-9H3. The van der Waals surface area contributed by atoms with Gasteiger partial charge in [0.15, 0.2) is 16.6 Å². The molecule has 0 radical (unpaired) electrons. The smallest absolute Gasteiger partial charge is 0.379 e. The molecule has 0 bridgehead atoms. The van der Waals surface area contributed by atoms with Crippen molar-refractivity contribution in [3.8, 4) is 5.75 Å². The number of carbonyl (C=O) groups excluding carboxylic acids is 2. The summed E-state index contributed by atoms with van der Waals surface area (Å²) in [6.45, 7) is 19.6. The summed E-state index contributed by atoms with van der Waals surface area (Å²) < 4.78 is 23.8. The Morgan fingerprint density at radius 2 is 1.38 bits per heavy atom. The van der Waals surface area contributed by atoms with Crippen molar-refractivity contribution in [1.82, 2.24) is 0 Å². The van der Waals surface area contributed by atoms with Crippen LogP contribution in [0.15, 0.2) is 24.3 Å². The maximum absolute atomic E-state index is 12.0. The number of hydrogen-bond donors (Lipinski definition) is 0. The van der Waals surface area contributed by atoms with Crippen LogP contribution < -0.4 is 4.74 Å². The molecule has 1 atom stereocenters. The number of esters is 1. The first-order valence-corrected chi connectivity index (χ1v) is 19.2. The van der Waals surface area contributed by atoms with Crippen LogP contribution in [0.25, 0.3) is 0 Å². The third-order valence-corrected chi connectivity index (χ3v) is 14.1. The first kappa shape index (κ1) is 25.8. The van der Waals surface area contributed by atoms with Crippen molar-refractivity contribution in [3.63, 3.8) is 0 Å². The number of hydrogen-bond acceptors (Lipinski definition) is 6. The Kier molecular flexibility index (Phi) is 9.03. The molecule has 0 aromatic heterocycles. The number of rotatable bonds is 11. The highest BCUT2D eigenvalue weighted by Gasteiger charge is 2.45. The molecule has 1 aromatic carbocycles. The van der Waals surface area contributed by atoms with E-state index in [1.54, 1.807) is 31.2 Å². The van der Waals surface area contributed by atoms with Gasteiger partial charge in [-0.2, -0.15) is 0 Å². The predicted octanol–water partition coefficient (Wildman–Crippen LogP) is 4.98. The number of Topliss-reactive ketones (excluding diaryl/α,β-unsaturated/α-hetero) is 1. The van der Waals surface area contributed by atoms with E-state index >= 15 is 0 Å². The highest BCUT2D eigenvalue weighted by molar-refractivity contribution is 6.88. The molecular formula is C20H36O6Si3. The van der Waals surface area contributed by atoms with Crippen molar-refractivity contribution in [2.45, 2.75) is 65.2 Å². The summed E-state index contributed by atoms with van der Waals surface area (Å²) in [4.78, 5) is 23.5. The van der Waals surface area contributed by atoms with Gasteiger partial charge in [0.25, 0.3) is 5.78 Å². The van der Waals surface area contributed by atoms with Crippen LogP contribution in [0.2, 0.25) is 51.4 Å². The lowest BCUT2D eigenvalue weighted by atomic mass is 10.1. The van der Waals surface area contributed by atoms with E-state index in [0.717, 1.165) is 0 Å². The molecule has 0 amide bonds. The van der Waals surface area contributed by atoms with Gasteiger partial charge >= 0.3 is 14.5 Å².